The minimum atomic E-state index is -0.446. The Morgan fingerprint density at radius 2 is 0.603 bits per heavy atom. The first-order valence-corrected chi connectivity index (χ1v) is 21.3. The number of hydrogen-bond donors (Lipinski definition) is 0. The van der Waals surface area contributed by atoms with Crippen LogP contribution in [0.15, 0.2) is 255 Å². The van der Waals surface area contributed by atoms with Gasteiger partial charge in [0, 0.05) is 20.1 Å². The molecule has 58 heavy (non-hydrogen) atoms. The van der Waals surface area contributed by atoms with E-state index in [-0.39, 0.29) is 20.1 Å². The van der Waals surface area contributed by atoms with Crippen LogP contribution >= 0.6 is 15.8 Å². The van der Waals surface area contributed by atoms with Gasteiger partial charge >= 0.3 is 11.3 Å². The Morgan fingerprint density at radius 3 is 0.845 bits per heavy atom. The summed E-state index contributed by atoms with van der Waals surface area (Å²) < 4.78 is 7.50. The van der Waals surface area contributed by atoms with E-state index >= 15 is 0 Å². The van der Waals surface area contributed by atoms with Crippen molar-refractivity contribution in [3.05, 3.63) is 286 Å². The van der Waals surface area contributed by atoms with E-state index in [0.29, 0.717) is 0 Å². The average molecular weight is 963 g/mol. The first-order chi connectivity index (χ1) is 28.3. The fourth-order valence-electron chi connectivity index (χ4n) is 5.98. The molecule has 4 heteroatoms. The van der Waals surface area contributed by atoms with Crippen molar-refractivity contribution in [3.8, 4) is 0 Å². The molecule has 0 aliphatic heterocycles. The molecule has 0 fully saturated rings. The summed E-state index contributed by atoms with van der Waals surface area (Å²) in [4.78, 5) is 0. The van der Waals surface area contributed by atoms with E-state index in [1.165, 1.54) is 31.8 Å². The van der Waals surface area contributed by atoms with Gasteiger partial charge in [-0.25, -0.2) is 6.92 Å². The van der Waals surface area contributed by atoms with E-state index in [1.807, 2.05) is 54.6 Å². The number of rotatable bonds is 9. The molecule has 0 spiro atoms. The maximum atomic E-state index is 7.50. The summed E-state index contributed by atoms with van der Waals surface area (Å²) in [6.07, 6.45) is 7.15. The largest absolute Gasteiger partial charge is 0.235 e. The van der Waals surface area contributed by atoms with E-state index in [1.54, 1.807) is 6.08 Å². The summed E-state index contributed by atoms with van der Waals surface area (Å²) in [5.74, 6) is 0. The van der Waals surface area contributed by atoms with Crippen molar-refractivity contribution in [2.45, 2.75) is 0 Å². The number of hydrogen-bond acceptors (Lipinski definition) is 0. The zero-order valence-electron chi connectivity index (χ0n) is 32.1. The first-order valence-electron chi connectivity index (χ1n) is 18.6. The maximum Gasteiger partial charge on any atom is 0 e. The van der Waals surface area contributed by atoms with Crippen molar-refractivity contribution < 1.29 is 24.8 Å². The van der Waals surface area contributed by atoms with Crippen LogP contribution in [0.5, 0.6) is 0 Å². The minimum Gasteiger partial charge on any atom is -0.235 e. The normalized spacial score (nSPS) is 10.4. The molecular formula is C54H44IrOP2-2. The van der Waals surface area contributed by atoms with Gasteiger partial charge < -0.3 is 0 Å². The van der Waals surface area contributed by atoms with Gasteiger partial charge in [0.25, 0.3) is 0 Å². The molecule has 0 bridgehead atoms. The van der Waals surface area contributed by atoms with Crippen LogP contribution in [0.1, 0.15) is 11.1 Å². The van der Waals surface area contributed by atoms with Gasteiger partial charge in [-0.2, -0.15) is 6.08 Å². The molecule has 8 aromatic rings. The van der Waals surface area contributed by atoms with Gasteiger partial charge in [-0.05, 0) is 47.7 Å². The van der Waals surface area contributed by atoms with Crippen molar-refractivity contribution in [1.82, 2.24) is 0 Å². The molecule has 0 unspecified atom stereocenters. The molecule has 0 atom stereocenters. The van der Waals surface area contributed by atoms with Crippen LogP contribution in [0.25, 0.3) is 5.57 Å². The van der Waals surface area contributed by atoms with Crippen LogP contribution in [-0.4, -0.2) is 0 Å². The van der Waals surface area contributed by atoms with Gasteiger partial charge in [-0.3, -0.25) is 0 Å². The molecule has 0 N–H and O–H groups in total. The monoisotopic (exact) mass is 963 g/mol. The van der Waals surface area contributed by atoms with Crippen molar-refractivity contribution in [2.24, 2.45) is 0 Å². The van der Waals surface area contributed by atoms with Crippen molar-refractivity contribution in [2.75, 3.05) is 0 Å². The summed E-state index contributed by atoms with van der Waals surface area (Å²) >= 11 is 0. The second-order valence-electron chi connectivity index (χ2n) is 12.4. The summed E-state index contributed by atoms with van der Waals surface area (Å²) in [5, 5.41) is 8.39. The Labute approximate surface area is 361 Å². The molecule has 1 radical (unpaired) electrons. The predicted octanol–water partition coefficient (Wildman–Crippen LogP) is 11.2. The molecule has 0 aliphatic carbocycles. The first kappa shape index (κ1) is 45.1. The second kappa shape index (κ2) is 26.3. The Kier molecular flexibility index (Phi) is 20.4. The van der Waals surface area contributed by atoms with Crippen LogP contribution in [0.4, 0.5) is 0 Å². The molecule has 0 heterocycles. The minimum absolute atomic E-state index is 0. The van der Waals surface area contributed by atoms with E-state index in [0.717, 1.165) is 16.7 Å². The summed E-state index contributed by atoms with van der Waals surface area (Å²) in [7, 11) is -0.892. The van der Waals surface area contributed by atoms with Crippen LogP contribution < -0.4 is 31.8 Å². The number of allylic oxidation sites excluding steroid dienone is 3. The fraction of sp³-hybridized carbons (Fsp3) is 0. The Balaban J connectivity index is 0.000000187. The Bertz CT molecular complexity index is 2030. The fourth-order valence-corrected chi connectivity index (χ4v) is 10.6. The molecule has 0 saturated carbocycles. The topological polar surface area (TPSA) is 19.9 Å². The van der Waals surface area contributed by atoms with Crippen molar-refractivity contribution >= 4 is 53.2 Å². The smallest absolute Gasteiger partial charge is 0 e. The molecular weight excluding hydrogens is 919 g/mol. The third-order valence-electron chi connectivity index (χ3n) is 8.51. The van der Waals surface area contributed by atoms with Crippen LogP contribution in [0.3, 0.4) is 0 Å². The summed E-state index contributed by atoms with van der Waals surface area (Å²) in [5.41, 5.74) is 3.27. The van der Waals surface area contributed by atoms with E-state index in [4.69, 9.17) is 4.65 Å². The zero-order valence-corrected chi connectivity index (χ0v) is 36.3. The molecule has 0 amide bonds. The third kappa shape index (κ3) is 14.1. The van der Waals surface area contributed by atoms with Gasteiger partial charge in [0.2, 0.25) is 0 Å². The molecule has 0 aromatic heterocycles. The van der Waals surface area contributed by atoms with Gasteiger partial charge in [0.15, 0.2) is 0 Å². The zero-order chi connectivity index (χ0) is 39.8. The van der Waals surface area contributed by atoms with Crippen LogP contribution in [-0.2, 0) is 24.8 Å². The van der Waals surface area contributed by atoms with Gasteiger partial charge in [-0.15, -0.1) is 35.4 Å². The van der Waals surface area contributed by atoms with E-state index in [9.17, 15) is 0 Å². The summed E-state index contributed by atoms with van der Waals surface area (Å²) in [6.45, 7) is 8.25. The Hall–Kier alpha value is -5.64. The average Bonchev–Trinajstić information content (AvgIpc) is 3.30. The van der Waals surface area contributed by atoms with E-state index < -0.39 is 15.8 Å². The Morgan fingerprint density at radius 1 is 0.379 bits per heavy atom. The molecule has 1 nitrogen and oxygen atoms in total. The predicted molar refractivity (Wildman–Crippen MR) is 247 cm³/mol. The van der Waals surface area contributed by atoms with Crippen LogP contribution in [0.2, 0.25) is 0 Å². The van der Waals surface area contributed by atoms with Crippen molar-refractivity contribution in [3.63, 3.8) is 0 Å². The third-order valence-corrected chi connectivity index (χ3v) is 13.4. The molecule has 8 rings (SSSR count). The van der Waals surface area contributed by atoms with Gasteiger partial charge in [-0.1, -0.05) is 236 Å². The quantitative estimate of drug-likeness (QED) is 0.0452. The second-order valence-corrected chi connectivity index (χ2v) is 16.8. The molecule has 0 saturated heterocycles. The summed E-state index contributed by atoms with van der Waals surface area (Å²) in [6, 6.07) is 85.0. The molecule has 287 valence electrons. The van der Waals surface area contributed by atoms with E-state index in [2.05, 4.69) is 214 Å². The van der Waals surface area contributed by atoms with Gasteiger partial charge in [0.1, 0.15) is 0 Å². The van der Waals surface area contributed by atoms with Gasteiger partial charge in [0.05, 0.1) is 0 Å². The SMILES string of the molecule is [C-]#[O+].[CH2-]/C=C\C(=[C-]c1ccccc1)c1ccccc1.[Ir].c1ccc(P(c2ccccc2)c2ccccc2)cc1.c1ccc(P(c2ccccc2)c2ccccc2)cc1. The van der Waals surface area contributed by atoms with Crippen molar-refractivity contribution in [1.29, 1.82) is 0 Å². The maximum absolute atomic E-state index is 7.50. The molecule has 0 aliphatic rings. The van der Waals surface area contributed by atoms with Crippen LogP contribution in [0, 0.1) is 19.7 Å². The molecule has 8 aromatic carbocycles. The standard InChI is InChI=1S/2C18H15P.C17H14.CO.Ir/c2*1-4-10-16(11-5-1)19(17-12-6-2-7-13-17)18-14-8-3-9-15-18;1-2-9-17(16-12-7-4-8-13-16)14-15-10-5-3-6-11-15;1-2;/h2*1-15H;2-13H,1H2;;/q;;-2;;/b;;9-2-;;. The number of benzene rings is 8.